The van der Waals surface area contributed by atoms with Crippen molar-refractivity contribution >= 4 is 17.6 Å². The Labute approximate surface area is 113 Å². The molecule has 4 nitrogen and oxygen atoms in total. The van der Waals surface area contributed by atoms with Gasteiger partial charge in [-0.2, -0.15) is 14.0 Å². The summed E-state index contributed by atoms with van der Waals surface area (Å²) < 4.78 is 33.6. The summed E-state index contributed by atoms with van der Waals surface area (Å²) in [5, 5.41) is 8.92. The van der Waals surface area contributed by atoms with Crippen LogP contribution in [0.25, 0.3) is 0 Å². The molecule has 1 rings (SSSR count). The average Bonchev–Trinajstić information content (AvgIpc) is 2.38. The van der Waals surface area contributed by atoms with E-state index in [9.17, 15) is 13.6 Å². The van der Waals surface area contributed by atoms with Crippen LogP contribution in [0.5, 0.6) is 5.75 Å². The van der Waals surface area contributed by atoms with Crippen molar-refractivity contribution in [3.63, 3.8) is 0 Å². The molecule has 102 valence electrons. The van der Waals surface area contributed by atoms with E-state index in [0.717, 1.165) is 6.07 Å². The Kier molecular flexibility index (Phi) is 5.52. The highest BCUT2D eigenvalue weighted by atomic mass is 35.5. The van der Waals surface area contributed by atoms with Crippen LogP contribution < -0.4 is 4.74 Å². The van der Waals surface area contributed by atoms with Gasteiger partial charge in [-0.3, -0.25) is 0 Å². The van der Waals surface area contributed by atoms with Gasteiger partial charge in [-0.1, -0.05) is 0 Å². The highest BCUT2D eigenvalue weighted by molar-refractivity contribution is 6.17. The van der Waals surface area contributed by atoms with Crippen molar-refractivity contribution < 1.29 is 23.0 Å². The summed E-state index contributed by atoms with van der Waals surface area (Å²) in [5.41, 5.74) is 0.00115. The van der Waals surface area contributed by atoms with Gasteiger partial charge in [0.25, 0.3) is 0 Å². The molecule has 19 heavy (non-hydrogen) atoms. The van der Waals surface area contributed by atoms with Gasteiger partial charge in [-0.25, -0.2) is 4.79 Å². The largest absolute Gasteiger partial charge is 0.462 e. The van der Waals surface area contributed by atoms with E-state index < -0.39 is 12.6 Å². The zero-order valence-corrected chi connectivity index (χ0v) is 10.7. The van der Waals surface area contributed by atoms with Crippen molar-refractivity contribution in [3.05, 3.63) is 28.8 Å². The molecule has 0 aliphatic carbocycles. The van der Waals surface area contributed by atoms with Crippen LogP contribution in [0.1, 0.15) is 28.4 Å². The quantitative estimate of drug-likeness (QED) is 0.617. The van der Waals surface area contributed by atoms with Crippen molar-refractivity contribution in [2.75, 3.05) is 6.61 Å². The van der Waals surface area contributed by atoms with Crippen molar-refractivity contribution in [1.29, 1.82) is 5.26 Å². The maximum absolute atomic E-state index is 12.3. The lowest BCUT2D eigenvalue weighted by atomic mass is 10.1. The maximum atomic E-state index is 12.3. The minimum atomic E-state index is -3.08. The van der Waals surface area contributed by atoms with Gasteiger partial charge in [-0.05, 0) is 19.1 Å². The molecule has 0 saturated heterocycles. The summed E-state index contributed by atoms with van der Waals surface area (Å²) in [7, 11) is 0. The molecular weight excluding hydrogens is 280 g/mol. The predicted molar refractivity (Wildman–Crippen MR) is 63.3 cm³/mol. The van der Waals surface area contributed by atoms with E-state index in [-0.39, 0.29) is 34.9 Å². The fourth-order valence-corrected chi connectivity index (χ4v) is 1.63. The average molecular weight is 290 g/mol. The van der Waals surface area contributed by atoms with E-state index in [4.69, 9.17) is 21.6 Å². The van der Waals surface area contributed by atoms with Crippen molar-refractivity contribution in [2.45, 2.75) is 19.4 Å². The first-order valence-electron chi connectivity index (χ1n) is 5.28. The minimum absolute atomic E-state index is 0.0654. The molecule has 0 N–H and O–H groups in total. The van der Waals surface area contributed by atoms with E-state index >= 15 is 0 Å². The second-order valence-electron chi connectivity index (χ2n) is 3.36. The van der Waals surface area contributed by atoms with Gasteiger partial charge >= 0.3 is 12.6 Å². The molecule has 0 amide bonds. The molecule has 0 atom stereocenters. The molecule has 0 aliphatic rings. The Morgan fingerprint density at radius 2 is 2.21 bits per heavy atom. The second kappa shape index (κ2) is 6.90. The van der Waals surface area contributed by atoms with Crippen LogP contribution in [0.3, 0.4) is 0 Å². The summed E-state index contributed by atoms with van der Waals surface area (Å²) in [6.07, 6.45) is 0. The maximum Gasteiger partial charge on any atom is 0.387 e. The molecule has 0 aromatic heterocycles. The lowest BCUT2D eigenvalue weighted by Gasteiger charge is -2.12. The predicted octanol–water partition coefficient (Wildman–Crippen LogP) is 3.08. The second-order valence-corrected chi connectivity index (χ2v) is 3.62. The zero-order chi connectivity index (χ0) is 14.4. The molecule has 0 radical (unpaired) electrons. The van der Waals surface area contributed by atoms with Gasteiger partial charge in [0.05, 0.1) is 23.6 Å². The molecule has 0 saturated carbocycles. The van der Waals surface area contributed by atoms with E-state index in [0.29, 0.717) is 0 Å². The van der Waals surface area contributed by atoms with Crippen molar-refractivity contribution in [3.8, 4) is 11.8 Å². The minimum Gasteiger partial charge on any atom is -0.462 e. The molecule has 1 aromatic carbocycles. The third-order valence-electron chi connectivity index (χ3n) is 2.15. The fraction of sp³-hybridized carbons (Fsp3) is 0.333. The molecule has 0 fully saturated rings. The van der Waals surface area contributed by atoms with Crippen LogP contribution in [-0.4, -0.2) is 19.2 Å². The van der Waals surface area contributed by atoms with Crippen LogP contribution in [0.4, 0.5) is 8.78 Å². The molecule has 7 heteroatoms. The number of alkyl halides is 3. The van der Waals surface area contributed by atoms with Crippen LogP contribution >= 0.6 is 11.6 Å². The lowest BCUT2D eigenvalue weighted by molar-refractivity contribution is -0.0505. The topological polar surface area (TPSA) is 59.3 Å². The third kappa shape index (κ3) is 3.80. The number of carbonyl (C=O) groups excluding carboxylic acids is 1. The standard InChI is InChI=1S/C12H10ClF2NO3/c1-2-18-11(17)7-3-8(5-13)10(19-12(14)15)9(4-7)6-16/h3-4,12H,2,5H2,1H3. The van der Waals surface area contributed by atoms with Gasteiger partial charge in [0, 0.05) is 5.56 Å². The highest BCUT2D eigenvalue weighted by Crippen LogP contribution is 2.29. The Hall–Kier alpha value is -1.87. The van der Waals surface area contributed by atoms with E-state index in [1.54, 1.807) is 13.0 Å². The molecule has 0 bridgehead atoms. The number of nitriles is 1. The number of rotatable bonds is 5. The van der Waals surface area contributed by atoms with Crippen LogP contribution in [0, 0.1) is 11.3 Å². The molecule has 0 unspecified atom stereocenters. The van der Waals surface area contributed by atoms with Gasteiger partial charge in [-0.15, -0.1) is 11.6 Å². The zero-order valence-electron chi connectivity index (χ0n) is 9.95. The normalized spacial score (nSPS) is 10.1. The van der Waals surface area contributed by atoms with Crippen molar-refractivity contribution in [1.82, 2.24) is 0 Å². The van der Waals surface area contributed by atoms with Gasteiger partial charge in [0.15, 0.2) is 0 Å². The number of carbonyl (C=O) groups is 1. The monoisotopic (exact) mass is 289 g/mol. The van der Waals surface area contributed by atoms with E-state index in [1.807, 2.05) is 0 Å². The smallest absolute Gasteiger partial charge is 0.387 e. The molecule has 0 aliphatic heterocycles. The van der Waals surface area contributed by atoms with Crippen LogP contribution in [0.15, 0.2) is 12.1 Å². The SMILES string of the molecule is CCOC(=O)c1cc(C#N)c(OC(F)F)c(CCl)c1. The van der Waals surface area contributed by atoms with Crippen molar-refractivity contribution in [2.24, 2.45) is 0 Å². The number of benzene rings is 1. The Bertz CT molecular complexity index is 514. The number of esters is 1. The summed E-state index contributed by atoms with van der Waals surface area (Å²) in [6.45, 7) is -1.30. The lowest BCUT2D eigenvalue weighted by Crippen LogP contribution is -2.10. The summed E-state index contributed by atoms with van der Waals surface area (Å²) in [4.78, 5) is 11.6. The molecule has 0 heterocycles. The van der Waals surface area contributed by atoms with E-state index in [2.05, 4.69) is 4.74 Å². The third-order valence-corrected chi connectivity index (χ3v) is 2.44. The first-order valence-corrected chi connectivity index (χ1v) is 5.81. The molecule has 0 spiro atoms. The number of ether oxygens (including phenoxy) is 2. The van der Waals surface area contributed by atoms with E-state index in [1.165, 1.54) is 6.07 Å². The summed E-state index contributed by atoms with van der Waals surface area (Å²) >= 11 is 5.61. The Morgan fingerprint density at radius 1 is 1.53 bits per heavy atom. The Balaban J connectivity index is 3.28. The first-order chi connectivity index (χ1) is 9.03. The Morgan fingerprint density at radius 3 is 2.68 bits per heavy atom. The van der Waals surface area contributed by atoms with Crippen LogP contribution in [-0.2, 0) is 10.6 Å². The number of hydrogen-bond acceptors (Lipinski definition) is 4. The van der Waals surface area contributed by atoms with Gasteiger partial charge in [0.1, 0.15) is 11.8 Å². The van der Waals surface area contributed by atoms with Gasteiger partial charge < -0.3 is 9.47 Å². The highest BCUT2D eigenvalue weighted by Gasteiger charge is 2.18. The fourth-order valence-electron chi connectivity index (χ4n) is 1.43. The number of halogens is 3. The van der Waals surface area contributed by atoms with Gasteiger partial charge in [0.2, 0.25) is 0 Å². The summed E-state index contributed by atoms with van der Waals surface area (Å²) in [6, 6.07) is 4.09. The number of hydrogen-bond donors (Lipinski definition) is 0. The molecule has 1 aromatic rings. The van der Waals surface area contributed by atoms with Crippen LogP contribution in [0.2, 0.25) is 0 Å². The number of nitrogens with zero attached hydrogens (tertiary/aromatic N) is 1. The molecular formula is C12H10ClF2NO3. The summed E-state index contributed by atoms with van der Waals surface area (Å²) in [5.74, 6) is -1.15. The first kappa shape index (κ1) is 15.2.